The molecule has 0 saturated heterocycles. The fraction of sp³-hybridized carbons (Fsp3) is 0.0909. The first kappa shape index (κ1) is 13.2. The van der Waals surface area contributed by atoms with Crippen molar-refractivity contribution in [3.63, 3.8) is 0 Å². The van der Waals surface area contributed by atoms with Crippen LogP contribution in [0.1, 0.15) is 5.69 Å². The van der Waals surface area contributed by atoms with Crippen molar-refractivity contribution >= 4 is 52.0 Å². The number of benzene rings is 1. The van der Waals surface area contributed by atoms with E-state index in [1.807, 2.05) is 0 Å². The van der Waals surface area contributed by atoms with E-state index in [1.54, 1.807) is 25.1 Å². The van der Waals surface area contributed by atoms with E-state index in [9.17, 15) is 0 Å². The molecule has 18 heavy (non-hydrogen) atoms. The quantitative estimate of drug-likeness (QED) is 0.821. The number of aryl methyl sites for hydroxylation is 1. The van der Waals surface area contributed by atoms with E-state index in [0.29, 0.717) is 32.9 Å². The fourth-order valence-electron chi connectivity index (χ4n) is 1.36. The maximum absolute atomic E-state index is 6.05. The van der Waals surface area contributed by atoms with Crippen molar-refractivity contribution in [3.05, 3.63) is 39.2 Å². The Hall–Kier alpha value is -1.23. The van der Waals surface area contributed by atoms with Gasteiger partial charge in [0.2, 0.25) is 5.28 Å². The molecule has 2 aromatic rings. The summed E-state index contributed by atoms with van der Waals surface area (Å²) in [6, 6.07) is 5.06. The molecule has 0 saturated carbocycles. The lowest BCUT2D eigenvalue weighted by Crippen LogP contribution is -2.04. The van der Waals surface area contributed by atoms with Crippen molar-refractivity contribution in [1.82, 2.24) is 9.97 Å². The summed E-state index contributed by atoms with van der Waals surface area (Å²) in [4.78, 5) is 7.97. The second-order valence-corrected chi connectivity index (χ2v) is 4.77. The third-order valence-corrected chi connectivity index (χ3v) is 3.01. The van der Waals surface area contributed by atoms with E-state index in [4.69, 9.17) is 40.5 Å². The molecule has 4 nitrogen and oxygen atoms in total. The van der Waals surface area contributed by atoms with Crippen molar-refractivity contribution in [3.8, 4) is 0 Å². The monoisotopic (exact) mass is 302 g/mol. The summed E-state index contributed by atoms with van der Waals surface area (Å²) in [5, 5.41) is 4.14. The van der Waals surface area contributed by atoms with Crippen LogP contribution in [0.2, 0.25) is 15.3 Å². The lowest BCUT2D eigenvalue weighted by atomic mass is 10.3. The fourth-order valence-corrected chi connectivity index (χ4v) is 2.03. The number of nitrogen functional groups attached to an aromatic ring is 1. The van der Waals surface area contributed by atoms with Crippen LogP contribution >= 0.6 is 34.8 Å². The van der Waals surface area contributed by atoms with Gasteiger partial charge in [0.15, 0.2) is 5.82 Å². The van der Waals surface area contributed by atoms with Gasteiger partial charge in [-0.2, -0.15) is 4.98 Å². The van der Waals surface area contributed by atoms with Crippen LogP contribution in [0, 0.1) is 6.92 Å². The Labute approximate surface area is 119 Å². The number of nitrogens with one attached hydrogen (secondary N) is 1. The van der Waals surface area contributed by atoms with E-state index in [2.05, 4.69) is 15.3 Å². The molecular weight excluding hydrogens is 295 g/mol. The van der Waals surface area contributed by atoms with Crippen molar-refractivity contribution in [2.24, 2.45) is 0 Å². The molecule has 0 bridgehead atoms. The topological polar surface area (TPSA) is 63.8 Å². The van der Waals surface area contributed by atoms with Crippen LogP contribution in [0.4, 0.5) is 17.2 Å². The molecule has 7 heteroatoms. The van der Waals surface area contributed by atoms with Gasteiger partial charge in [-0.3, -0.25) is 0 Å². The molecule has 2 rings (SSSR count). The predicted molar refractivity (Wildman–Crippen MR) is 75.9 cm³/mol. The first-order valence-corrected chi connectivity index (χ1v) is 6.12. The van der Waals surface area contributed by atoms with Gasteiger partial charge in [0, 0.05) is 5.02 Å². The molecule has 1 heterocycles. The maximum Gasteiger partial charge on any atom is 0.224 e. The summed E-state index contributed by atoms with van der Waals surface area (Å²) in [6.45, 7) is 1.75. The number of hydrogen-bond acceptors (Lipinski definition) is 4. The zero-order valence-corrected chi connectivity index (χ0v) is 11.6. The Morgan fingerprint density at radius 2 is 1.89 bits per heavy atom. The molecule has 1 aromatic carbocycles. The highest BCUT2D eigenvalue weighted by Gasteiger charge is 2.09. The van der Waals surface area contributed by atoms with E-state index >= 15 is 0 Å². The first-order chi connectivity index (χ1) is 8.47. The average Bonchev–Trinajstić information content (AvgIpc) is 2.29. The minimum absolute atomic E-state index is 0.120. The van der Waals surface area contributed by atoms with E-state index in [0.717, 1.165) is 0 Å². The molecule has 3 N–H and O–H groups in total. The van der Waals surface area contributed by atoms with Gasteiger partial charge in [0.05, 0.1) is 22.1 Å². The molecule has 94 valence electrons. The number of nitrogens with zero attached hydrogens (tertiary/aromatic N) is 2. The molecule has 0 amide bonds. The Bertz CT molecular complexity index is 601. The summed E-state index contributed by atoms with van der Waals surface area (Å²) in [7, 11) is 0. The molecule has 0 fully saturated rings. The van der Waals surface area contributed by atoms with E-state index < -0.39 is 0 Å². The molecule has 0 aliphatic heterocycles. The minimum atomic E-state index is 0.120. The second-order valence-electron chi connectivity index (χ2n) is 3.59. The Morgan fingerprint density at radius 1 is 1.17 bits per heavy atom. The Morgan fingerprint density at radius 3 is 2.56 bits per heavy atom. The van der Waals surface area contributed by atoms with Crippen molar-refractivity contribution < 1.29 is 0 Å². The summed E-state index contributed by atoms with van der Waals surface area (Å²) < 4.78 is 0. The van der Waals surface area contributed by atoms with Crippen LogP contribution in [-0.2, 0) is 0 Å². The van der Waals surface area contributed by atoms with Crippen LogP contribution in [0.25, 0.3) is 0 Å². The second kappa shape index (κ2) is 5.18. The highest BCUT2D eigenvalue weighted by molar-refractivity contribution is 6.36. The van der Waals surface area contributed by atoms with Gasteiger partial charge in [-0.05, 0) is 36.7 Å². The van der Waals surface area contributed by atoms with Gasteiger partial charge in [0.25, 0.3) is 0 Å². The van der Waals surface area contributed by atoms with Crippen LogP contribution in [-0.4, -0.2) is 9.97 Å². The number of hydrogen-bond donors (Lipinski definition) is 2. The number of halogens is 3. The van der Waals surface area contributed by atoms with Gasteiger partial charge in [-0.15, -0.1) is 0 Å². The highest BCUT2D eigenvalue weighted by Crippen LogP contribution is 2.30. The van der Waals surface area contributed by atoms with Crippen molar-refractivity contribution in [2.45, 2.75) is 6.92 Å². The van der Waals surface area contributed by atoms with Gasteiger partial charge in [-0.25, -0.2) is 4.98 Å². The third-order valence-electron chi connectivity index (χ3n) is 2.29. The minimum Gasteiger partial charge on any atom is -0.394 e. The SMILES string of the molecule is Cc1nc(Cl)nc(Nc2ccc(Cl)cc2Cl)c1N. The summed E-state index contributed by atoms with van der Waals surface area (Å²) in [5.74, 6) is 0.414. The lowest BCUT2D eigenvalue weighted by Gasteiger charge is -2.11. The third kappa shape index (κ3) is 2.77. The molecule has 0 radical (unpaired) electrons. The average molecular weight is 304 g/mol. The Kier molecular flexibility index (Phi) is 3.80. The first-order valence-electron chi connectivity index (χ1n) is 4.99. The largest absolute Gasteiger partial charge is 0.394 e. The van der Waals surface area contributed by atoms with Crippen molar-refractivity contribution in [2.75, 3.05) is 11.1 Å². The zero-order valence-electron chi connectivity index (χ0n) is 9.34. The van der Waals surface area contributed by atoms with E-state index in [1.165, 1.54) is 0 Å². The van der Waals surface area contributed by atoms with Gasteiger partial charge in [0.1, 0.15) is 0 Å². The number of aromatic nitrogens is 2. The molecule has 0 atom stereocenters. The zero-order chi connectivity index (χ0) is 13.3. The molecular formula is C11H9Cl3N4. The van der Waals surface area contributed by atoms with Gasteiger partial charge in [-0.1, -0.05) is 23.2 Å². The summed E-state index contributed by atoms with van der Waals surface area (Å²) in [6.07, 6.45) is 0. The Balaban J connectivity index is 2.40. The highest BCUT2D eigenvalue weighted by atomic mass is 35.5. The van der Waals surface area contributed by atoms with Crippen LogP contribution in [0.3, 0.4) is 0 Å². The predicted octanol–water partition coefficient (Wildman–Crippen LogP) is 4.07. The maximum atomic E-state index is 6.05. The number of nitrogens with two attached hydrogens (primary N) is 1. The molecule has 0 spiro atoms. The number of rotatable bonds is 2. The van der Waals surface area contributed by atoms with Crippen molar-refractivity contribution in [1.29, 1.82) is 0 Å². The van der Waals surface area contributed by atoms with E-state index in [-0.39, 0.29) is 5.28 Å². The molecule has 0 unspecified atom stereocenters. The van der Waals surface area contributed by atoms with Crippen LogP contribution in [0.5, 0.6) is 0 Å². The standard InChI is InChI=1S/C11H9Cl3N4/c1-5-9(15)10(18-11(14)16-5)17-8-3-2-6(12)4-7(8)13/h2-4H,15H2,1H3,(H,16,17,18). The summed E-state index contributed by atoms with van der Waals surface area (Å²) >= 11 is 17.6. The van der Waals surface area contributed by atoms with Gasteiger partial charge < -0.3 is 11.1 Å². The molecule has 0 aliphatic rings. The van der Waals surface area contributed by atoms with Crippen LogP contribution < -0.4 is 11.1 Å². The summed E-state index contributed by atoms with van der Waals surface area (Å²) in [5.41, 5.74) is 7.53. The smallest absolute Gasteiger partial charge is 0.224 e. The van der Waals surface area contributed by atoms with Crippen LogP contribution in [0.15, 0.2) is 18.2 Å². The van der Waals surface area contributed by atoms with Gasteiger partial charge >= 0.3 is 0 Å². The molecule has 0 aliphatic carbocycles. The normalized spacial score (nSPS) is 10.4. The number of anilines is 3. The molecule has 1 aromatic heterocycles. The lowest BCUT2D eigenvalue weighted by molar-refractivity contribution is 1.11.